The molecule has 2 rings (SSSR count). The van der Waals surface area contributed by atoms with Crippen LogP contribution in [0, 0.1) is 17.6 Å². The summed E-state index contributed by atoms with van der Waals surface area (Å²) in [6.45, 7) is 3.09. The Hall–Kier alpha value is -1.20. The molecule has 0 N–H and O–H groups in total. The second-order valence-electron chi connectivity index (χ2n) is 4.59. The Kier molecular flexibility index (Phi) is 4.37. The van der Waals surface area contributed by atoms with Gasteiger partial charge in [-0.3, -0.25) is 0 Å². The number of methoxy groups -OCH3 is 1. The summed E-state index contributed by atoms with van der Waals surface area (Å²) in [7, 11) is 1.62. The zero-order valence-electron chi connectivity index (χ0n) is 10.8. The van der Waals surface area contributed by atoms with Gasteiger partial charge in [0.25, 0.3) is 0 Å². The molecule has 1 atom stereocenters. The quantitative estimate of drug-likeness (QED) is 0.789. The SMILES string of the molecule is COCC(C)Cn1c(CCl)nc2c(F)cc(F)cc21. The normalized spacial score (nSPS) is 13.1. The van der Waals surface area contributed by atoms with Gasteiger partial charge in [-0.05, 0) is 12.0 Å². The molecular formula is C13H15ClF2N2O. The fraction of sp³-hybridized carbons (Fsp3) is 0.462. The number of hydrogen-bond acceptors (Lipinski definition) is 2. The van der Waals surface area contributed by atoms with Crippen LogP contribution in [0.1, 0.15) is 12.7 Å². The summed E-state index contributed by atoms with van der Waals surface area (Å²) < 4.78 is 33.8. The molecule has 1 aromatic carbocycles. The molecule has 1 heterocycles. The second kappa shape index (κ2) is 5.84. The maximum Gasteiger partial charge on any atom is 0.153 e. The Balaban J connectivity index is 2.50. The Morgan fingerprint density at radius 1 is 1.42 bits per heavy atom. The minimum Gasteiger partial charge on any atom is -0.384 e. The van der Waals surface area contributed by atoms with Gasteiger partial charge in [-0.2, -0.15) is 0 Å². The zero-order chi connectivity index (χ0) is 14.0. The van der Waals surface area contributed by atoms with E-state index in [0.29, 0.717) is 24.5 Å². The van der Waals surface area contributed by atoms with Crippen molar-refractivity contribution >= 4 is 22.6 Å². The topological polar surface area (TPSA) is 27.1 Å². The summed E-state index contributed by atoms with van der Waals surface area (Å²) in [5, 5.41) is 0. The lowest BCUT2D eigenvalue weighted by molar-refractivity contribution is 0.151. The first-order valence-corrected chi connectivity index (χ1v) is 6.49. The Bertz CT molecular complexity index is 586. The van der Waals surface area contributed by atoms with Crippen LogP contribution in [0.3, 0.4) is 0 Å². The Morgan fingerprint density at radius 2 is 2.16 bits per heavy atom. The van der Waals surface area contributed by atoms with Crippen molar-refractivity contribution in [3.05, 3.63) is 29.6 Å². The molecule has 0 aliphatic carbocycles. The Labute approximate surface area is 115 Å². The van der Waals surface area contributed by atoms with Crippen LogP contribution in [0.4, 0.5) is 8.78 Å². The molecule has 0 amide bonds. The number of imidazole rings is 1. The van der Waals surface area contributed by atoms with E-state index >= 15 is 0 Å². The van der Waals surface area contributed by atoms with E-state index in [0.717, 1.165) is 6.07 Å². The van der Waals surface area contributed by atoms with Crippen molar-refractivity contribution in [3.8, 4) is 0 Å². The van der Waals surface area contributed by atoms with E-state index in [2.05, 4.69) is 4.98 Å². The molecule has 0 bridgehead atoms. The van der Waals surface area contributed by atoms with E-state index in [9.17, 15) is 8.78 Å². The molecule has 0 saturated carbocycles. The van der Waals surface area contributed by atoms with Crippen molar-refractivity contribution in [2.24, 2.45) is 5.92 Å². The molecule has 0 radical (unpaired) electrons. The minimum absolute atomic E-state index is 0.148. The summed E-state index contributed by atoms with van der Waals surface area (Å²) in [6, 6.07) is 2.11. The summed E-state index contributed by atoms with van der Waals surface area (Å²) in [5.74, 6) is -0.416. The summed E-state index contributed by atoms with van der Waals surface area (Å²) in [4.78, 5) is 4.13. The molecule has 6 heteroatoms. The number of alkyl halides is 1. The largest absolute Gasteiger partial charge is 0.384 e. The molecular weight excluding hydrogens is 274 g/mol. The first kappa shape index (κ1) is 14.2. The number of rotatable bonds is 5. The Morgan fingerprint density at radius 3 is 2.79 bits per heavy atom. The van der Waals surface area contributed by atoms with E-state index in [4.69, 9.17) is 16.3 Å². The number of aromatic nitrogens is 2. The van der Waals surface area contributed by atoms with E-state index < -0.39 is 11.6 Å². The second-order valence-corrected chi connectivity index (χ2v) is 4.86. The lowest BCUT2D eigenvalue weighted by Gasteiger charge is -2.13. The first-order chi connectivity index (χ1) is 9.06. The lowest BCUT2D eigenvalue weighted by atomic mass is 10.2. The third kappa shape index (κ3) is 2.87. The van der Waals surface area contributed by atoms with Crippen molar-refractivity contribution in [1.29, 1.82) is 0 Å². The highest BCUT2D eigenvalue weighted by atomic mass is 35.5. The molecule has 1 aromatic heterocycles. The molecule has 0 spiro atoms. The smallest absolute Gasteiger partial charge is 0.153 e. The van der Waals surface area contributed by atoms with Crippen LogP contribution in [0.15, 0.2) is 12.1 Å². The van der Waals surface area contributed by atoms with Gasteiger partial charge in [0.05, 0.1) is 18.0 Å². The van der Waals surface area contributed by atoms with Gasteiger partial charge in [0.1, 0.15) is 17.2 Å². The first-order valence-electron chi connectivity index (χ1n) is 5.95. The average Bonchev–Trinajstić information content (AvgIpc) is 2.68. The standard InChI is InChI=1S/C13H15ClF2N2O/c1-8(7-19-2)6-18-11-4-9(15)3-10(16)13(11)17-12(18)5-14/h3-4,8H,5-7H2,1-2H3. The number of nitrogens with zero attached hydrogens (tertiary/aromatic N) is 2. The van der Waals surface area contributed by atoms with Crippen molar-refractivity contribution < 1.29 is 13.5 Å². The molecule has 1 unspecified atom stereocenters. The van der Waals surface area contributed by atoms with Crippen LogP contribution < -0.4 is 0 Å². The van der Waals surface area contributed by atoms with Gasteiger partial charge in [-0.25, -0.2) is 13.8 Å². The van der Waals surface area contributed by atoms with Crippen molar-refractivity contribution in [2.45, 2.75) is 19.3 Å². The van der Waals surface area contributed by atoms with E-state index in [1.54, 1.807) is 11.7 Å². The van der Waals surface area contributed by atoms with Crippen LogP contribution in [-0.2, 0) is 17.2 Å². The average molecular weight is 289 g/mol. The predicted molar refractivity (Wildman–Crippen MR) is 70.2 cm³/mol. The fourth-order valence-electron chi connectivity index (χ4n) is 2.15. The number of benzene rings is 1. The molecule has 3 nitrogen and oxygen atoms in total. The van der Waals surface area contributed by atoms with Crippen molar-refractivity contribution in [1.82, 2.24) is 9.55 Å². The molecule has 0 saturated heterocycles. The summed E-state index contributed by atoms with van der Waals surface area (Å²) >= 11 is 5.83. The van der Waals surface area contributed by atoms with Crippen LogP contribution in [0.25, 0.3) is 11.0 Å². The van der Waals surface area contributed by atoms with Crippen LogP contribution in [0.2, 0.25) is 0 Å². The monoisotopic (exact) mass is 288 g/mol. The summed E-state index contributed by atoms with van der Waals surface area (Å²) in [5.41, 5.74) is 0.581. The fourth-order valence-corrected chi connectivity index (χ4v) is 2.36. The van der Waals surface area contributed by atoms with Gasteiger partial charge in [0, 0.05) is 19.7 Å². The zero-order valence-corrected chi connectivity index (χ0v) is 11.5. The maximum atomic E-state index is 13.7. The van der Waals surface area contributed by atoms with Crippen LogP contribution in [0.5, 0.6) is 0 Å². The minimum atomic E-state index is -0.667. The molecule has 0 fully saturated rings. The van der Waals surface area contributed by atoms with Crippen molar-refractivity contribution in [3.63, 3.8) is 0 Å². The van der Waals surface area contributed by atoms with E-state index in [-0.39, 0.29) is 17.3 Å². The number of ether oxygens (including phenoxy) is 1. The molecule has 0 aliphatic rings. The van der Waals surface area contributed by atoms with Gasteiger partial charge >= 0.3 is 0 Å². The van der Waals surface area contributed by atoms with Crippen LogP contribution >= 0.6 is 11.6 Å². The highest BCUT2D eigenvalue weighted by molar-refractivity contribution is 6.16. The third-order valence-electron chi connectivity index (χ3n) is 2.92. The van der Waals surface area contributed by atoms with E-state index in [1.165, 1.54) is 6.07 Å². The molecule has 19 heavy (non-hydrogen) atoms. The molecule has 104 valence electrons. The number of fused-ring (bicyclic) bond motifs is 1. The predicted octanol–water partition coefficient (Wildman–Crippen LogP) is 3.34. The lowest BCUT2D eigenvalue weighted by Crippen LogP contribution is -2.14. The highest BCUT2D eigenvalue weighted by Gasteiger charge is 2.16. The number of halogens is 3. The maximum absolute atomic E-state index is 13.7. The van der Waals surface area contributed by atoms with Crippen LogP contribution in [-0.4, -0.2) is 23.3 Å². The summed E-state index contributed by atoms with van der Waals surface area (Å²) in [6.07, 6.45) is 0. The third-order valence-corrected chi connectivity index (χ3v) is 3.16. The van der Waals surface area contributed by atoms with Gasteiger partial charge in [-0.15, -0.1) is 11.6 Å². The van der Waals surface area contributed by atoms with Gasteiger partial charge in [0.15, 0.2) is 5.82 Å². The number of hydrogen-bond donors (Lipinski definition) is 0. The van der Waals surface area contributed by atoms with Gasteiger partial charge < -0.3 is 9.30 Å². The van der Waals surface area contributed by atoms with Crippen molar-refractivity contribution in [2.75, 3.05) is 13.7 Å². The van der Waals surface area contributed by atoms with E-state index in [1.807, 2.05) is 6.92 Å². The highest BCUT2D eigenvalue weighted by Crippen LogP contribution is 2.23. The molecule has 2 aromatic rings. The van der Waals surface area contributed by atoms with Gasteiger partial charge in [0.2, 0.25) is 0 Å². The molecule has 0 aliphatic heterocycles. The van der Waals surface area contributed by atoms with Gasteiger partial charge in [-0.1, -0.05) is 6.92 Å².